The molecule has 1 N–H and O–H groups in total. The Labute approximate surface area is 110 Å². The van der Waals surface area contributed by atoms with Crippen molar-refractivity contribution in [3.05, 3.63) is 66.2 Å². The number of nitrogens with one attached hydrogen (secondary N) is 1. The Hall–Kier alpha value is -2.62. The maximum Gasteiger partial charge on any atom is 0.262 e. The molecule has 2 amide bonds. The zero-order chi connectivity index (χ0) is 13.2. The lowest BCUT2D eigenvalue weighted by molar-refractivity contribution is -0.124. The second-order valence-corrected chi connectivity index (χ2v) is 4.33. The van der Waals surface area contributed by atoms with Crippen LogP contribution in [0.25, 0.3) is 0 Å². The molecule has 0 unspecified atom stereocenters. The summed E-state index contributed by atoms with van der Waals surface area (Å²) in [6.07, 6.45) is 0. The first-order valence-electron chi connectivity index (χ1n) is 6.02. The molecule has 0 aliphatic carbocycles. The summed E-state index contributed by atoms with van der Waals surface area (Å²) < 4.78 is 0. The molecule has 0 bridgehead atoms. The van der Waals surface area contributed by atoms with E-state index in [0.29, 0.717) is 11.3 Å². The molecule has 3 rings (SSSR count). The molecule has 4 nitrogen and oxygen atoms in total. The van der Waals surface area contributed by atoms with E-state index in [1.807, 2.05) is 36.4 Å². The minimum absolute atomic E-state index is 0.248. The maximum atomic E-state index is 12.4. The molecule has 1 saturated heterocycles. The van der Waals surface area contributed by atoms with Gasteiger partial charge in [-0.05, 0) is 17.7 Å². The van der Waals surface area contributed by atoms with Crippen LogP contribution in [0, 0.1) is 0 Å². The second kappa shape index (κ2) is 4.57. The molecule has 0 spiro atoms. The van der Waals surface area contributed by atoms with E-state index < -0.39 is 5.92 Å². The summed E-state index contributed by atoms with van der Waals surface area (Å²) in [4.78, 5) is 24.4. The van der Waals surface area contributed by atoms with Crippen molar-refractivity contribution < 1.29 is 9.59 Å². The van der Waals surface area contributed by atoms with Crippen molar-refractivity contribution in [2.75, 3.05) is 5.01 Å². The molecular weight excluding hydrogens is 240 g/mol. The largest absolute Gasteiger partial charge is 0.272 e. The topological polar surface area (TPSA) is 49.4 Å². The van der Waals surface area contributed by atoms with Gasteiger partial charge in [-0.15, -0.1) is 0 Å². The van der Waals surface area contributed by atoms with E-state index in [4.69, 9.17) is 0 Å². The highest BCUT2D eigenvalue weighted by atomic mass is 16.2. The number of rotatable bonds is 2. The van der Waals surface area contributed by atoms with E-state index >= 15 is 0 Å². The Bertz CT molecular complexity index is 611. The second-order valence-electron chi connectivity index (χ2n) is 4.33. The fourth-order valence-electron chi connectivity index (χ4n) is 2.18. The Morgan fingerprint density at radius 1 is 0.842 bits per heavy atom. The van der Waals surface area contributed by atoms with Crippen molar-refractivity contribution in [1.29, 1.82) is 0 Å². The van der Waals surface area contributed by atoms with Crippen LogP contribution in [-0.2, 0) is 9.59 Å². The smallest absolute Gasteiger partial charge is 0.262 e. The maximum absolute atomic E-state index is 12.4. The lowest BCUT2D eigenvalue weighted by Gasteiger charge is -2.15. The van der Waals surface area contributed by atoms with Gasteiger partial charge in [-0.3, -0.25) is 15.0 Å². The molecule has 4 heteroatoms. The Morgan fingerprint density at radius 2 is 1.42 bits per heavy atom. The van der Waals surface area contributed by atoms with Gasteiger partial charge in [0.2, 0.25) is 0 Å². The first-order valence-corrected chi connectivity index (χ1v) is 6.02. The molecule has 1 aliphatic heterocycles. The van der Waals surface area contributed by atoms with Crippen molar-refractivity contribution in [1.82, 2.24) is 5.43 Å². The highest BCUT2D eigenvalue weighted by Gasteiger charge is 2.40. The van der Waals surface area contributed by atoms with Gasteiger partial charge in [-0.1, -0.05) is 48.5 Å². The summed E-state index contributed by atoms with van der Waals surface area (Å²) in [7, 11) is 0. The Kier molecular flexibility index (Phi) is 2.76. The SMILES string of the molecule is O=C1NN(c2ccccc2)C(=O)[C@@H]1c1ccccc1. The number of nitrogens with zero attached hydrogens (tertiary/aromatic N) is 1. The van der Waals surface area contributed by atoms with Gasteiger partial charge >= 0.3 is 0 Å². The van der Waals surface area contributed by atoms with Crippen LogP contribution in [0.4, 0.5) is 5.69 Å². The first-order chi connectivity index (χ1) is 9.27. The molecule has 19 heavy (non-hydrogen) atoms. The van der Waals surface area contributed by atoms with Crippen LogP contribution < -0.4 is 10.4 Å². The fraction of sp³-hybridized carbons (Fsp3) is 0.0667. The van der Waals surface area contributed by atoms with Gasteiger partial charge < -0.3 is 0 Å². The number of hydrazine groups is 1. The molecule has 1 aliphatic rings. The van der Waals surface area contributed by atoms with Crippen molar-refractivity contribution >= 4 is 17.5 Å². The van der Waals surface area contributed by atoms with Gasteiger partial charge in [0, 0.05) is 0 Å². The zero-order valence-electron chi connectivity index (χ0n) is 10.1. The number of hydrogen-bond donors (Lipinski definition) is 1. The number of carbonyl (C=O) groups is 2. The van der Waals surface area contributed by atoms with Crippen LogP contribution in [0.3, 0.4) is 0 Å². The van der Waals surface area contributed by atoms with Crippen LogP contribution in [0.5, 0.6) is 0 Å². The van der Waals surface area contributed by atoms with Crippen LogP contribution in [0.15, 0.2) is 60.7 Å². The number of amides is 2. The average Bonchev–Trinajstić information content (AvgIpc) is 2.76. The number of anilines is 1. The monoisotopic (exact) mass is 252 g/mol. The van der Waals surface area contributed by atoms with Gasteiger partial charge in [-0.25, -0.2) is 5.01 Å². The Balaban J connectivity index is 1.94. The zero-order valence-corrected chi connectivity index (χ0v) is 10.1. The third-order valence-corrected chi connectivity index (χ3v) is 3.10. The first kappa shape index (κ1) is 11.5. The van der Waals surface area contributed by atoms with Crippen LogP contribution in [-0.4, -0.2) is 11.8 Å². The van der Waals surface area contributed by atoms with Crippen molar-refractivity contribution in [2.45, 2.75) is 5.92 Å². The van der Waals surface area contributed by atoms with E-state index in [1.54, 1.807) is 24.3 Å². The van der Waals surface area contributed by atoms with E-state index in [1.165, 1.54) is 5.01 Å². The predicted octanol–water partition coefficient (Wildman–Crippen LogP) is 1.85. The molecule has 1 atom stereocenters. The normalized spacial score (nSPS) is 18.5. The van der Waals surface area contributed by atoms with E-state index in [-0.39, 0.29) is 11.8 Å². The molecule has 0 saturated carbocycles. The number of hydrogen-bond acceptors (Lipinski definition) is 2. The summed E-state index contributed by atoms with van der Waals surface area (Å²) in [6, 6.07) is 18.2. The van der Waals surface area contributed by atoms with Gasteiger partial charge in [0.15, 0.2) is 0 Å². The summed E-state index contributed by atoms with van der Waals surface area (Å²) in [6.45, 7) is 0. The average molecular weight is 252 g/mol. The molecule has 2 aromatic rings. The third-order valence-electron chi connectivity index (χ3n) is 3.10. The number of benzene rings is 2. The molecule has 0 radical (unpaired) electrons. The molecule has 2 aromatic carbocycles. The molecule has 0 aromatic heterocycles. The highest BCUT2D eigenvalue weighted by molar-refractivity contribution is 6.18. The molecular formula is C15H12N2O2. The lowest BCUT2D eigenvalue weighted by Crippen LogP contribution is -2.35. The predicted molar refractivity (Wildman–Crippen MR) is 71.3 cm³/mol. The van der Waals surface area contributed by atoms with E-state index in [2.05, 4.69) is 5.43 Å². The van der Waals surface area contributed by atoms with E-state index in [0.717, 1.165) is 0 Å². The van der Waals surface area contributed by atoms with Crippen molar-refractivity contribution in [2.24, 2.45) is 0 Å². The van der Waals surface area contributed by atoms with Crippen molar-refractivity contribution in [3.8, 4) is 0 Å². The number of para-hydroxylation sites is 1. The summed E-state index contributed by atoms with van der Waals surface area (Å²) >= 11 is 0. The van der Waals surface area contributed by atoms with E-state index in [9.17, 15) is 9.59 Å². The van der Waals surface area contributed by atoms with Crippen LogP contribution in [0.1, 0.15) is 11.5 Å². The molecule has 1 heterocycles. The minimum Gasteiger partial charge on any atom is -0.272 e. The van der Waals surface area contributed by atoms with Crippen LogP contribution in [0.2, 0.25) is 0 Å². The fourth-order valence-corrected chi connectivity index (χ4v) is 2.18. The minimum atomic E-state index is -0.763. The van der Waals surface area contributed by atoms with Gasteiger partial charge in [-0.2, -0.15) is 0 Å². The molecule has 1 fully saturated rings. The van der Waals surface area contributed by atoms with Crippen molar-refractivity contribution in [3.63, 3.8) is 0 Å². The van der Waals surface area contributed by atoms with Crippen LogP contribution >= 0.6 is 0 Å². The summed E-state index contributed by atoms with van der Waals surface area (Å²) in [5.41, 5.74) is 3.99. The summed E-state index contributed by atoms with van der Waals surface area (Å²) in [5, 5.41) is 1.31. The Morgan fingerprint density at radius 3 is 2.05 bits per heavy atom. The highest BCUT2D eigenvalue weighted by Crippen LogP contribution is 2.26. The molecule has 94 valence electrons. The lowest BCUT2D eigenvalue weighted by atomic mass is 9.99. The van der Waals surface area contributed by atoms with Gasteiger partial charge in [0.05, 0.1) is 5.69 Å². The quantitative estimate of drug-likeness (QED) is 0.829. The summed E-state index contributed by atoms with van der Waals surface area (Å²) in [5.74, 6) is -1.30. The van der Waals surface area contributed by atoms with Gasteiger partial charge in [0.25, 0.3) is 11.8 Å². The standard InChI is InChI=1S/C15H12N2O2/c18-14-13(11-7-3-1-4-8-11)15(19)17(16-14)12-9-5-2-6-10-12/h1-10,13H,(H,16,18)/t13-/m1/s1. The number of carbonyl (C=O) groups excluding carboxylic acids is 2. The third kappa shape index (κ3) is 1.97. The van der Waals surface area contributed by atoms with Gasteiger partial charge in [0.1, 0.15) is 5.92 Å².